The van der Waals surface area contributed by atoms with E-state index in [1.807, 2.05) is 0 Å². The van der Waals surface area contributed by atoms with Crippen LogP contribution in [0.1, 0.15) is 44.7 Å². The van der Waals surface area contributed by atoms with Crippen LogP contribution >= 0.6 is 0 Å². The van der Waals surface area contributed by atoms with Crippen molar-refractivity contribution >= 4 is 28.4 Å². The number of hydrogen-bond acceptors (Lipinski definition) is 2. The molecule has 37 heavy (non-hydrogen) atoms. The van der Waals surface area contributed by atoms with Gasteiger partial charge in [-0.3, -0.25) is 0 Å². The van der Waals surface area contributed by atoms with Gasteiger partial charge >= 0.3 is 0 Å². The summed E-state index contributed by atoms with van der Waals surface area (Å²) in [6.45, 7) is 10.9. The van der Waals surface area contributed by atoms with Crippen molar-refractivity contribution in [1.29, 1.82) is 0 Å². The number of benzene rings is 4. The van der Waals surface area contributed by atoms with Crippen LogP contribution in [0.25, 0.3) is 0 Å². The average Bonchev–Trinajstić information content (AvgIpc) is 2.92. The monoisotopic (exact) mass is 486 g/mol. The molecule has 0 saturated heterocycles. The third-order valence-electron chi connectivity index (χ3n) is 6.54. The second-order valence-electron chi connectivity index (χ2n) is 9.44. The molecule has 0 spiro atoms. The SMILES string of the molecule is CC/C=C(C)\C(=C/CC)N(c1ccccc1)c1ccc(N(c2ccccc2)c2ccc(C)cc2C)cc1. The summed E-state index contributed by atoms with van der Waals surface area (Å²) >= 11 is 0. The van der Waals surface area contributed by atoms with Crippen molar-refractivity contribution in [2.24, 2.45) is 0 Å². The zero-order valence-electron chi connectivity index (χ0n) is 22.8. The van der Waals surface area contributed by atoms with Crippen molar-refractivity contribution in [3.8, 4) is 0 Å². The Kier molecular flexibility index (Phi) is 8.64. The van der Waals surface area contributed by atoms with Gasteiger partial charge in [-0.05, 0) is 99.3 Å². The second-order valence-corrected chi connectivity index (χ2v) is 9.44. The van der Waals surface area contributed by atoms with Gasteiger partial charge in [0.05, 0.1) is 0 Å². The third-order valence-corrected chi connectivity index (χ3v) is 6.54. The number of hydrogen-bond donors (Lipinski definition) is 0. The van der Waals surface area contributed by atoms with Gasteiger partial charge in [0.25, 0.3) is 0 Å². The first-order chi connectivity index (χ1) is 18.0. The van der Waals surface area contributed by atoms with E-state index in [2.05, 4.69) is 160 Å². The van der Waals surface area contributed by atoms with Crippen molar-refractivity contribution in [2.75, 3.05) is 9.80 Å². The molecule has 4 aromatic rings. The van der Waals surface area contributed by atoms with E-state index in [1.165, 1.54) is 28.1 Å². The molecule has 2 nitrogen and oxygen atoms in total. The van der Waals surface area contributed by atoms with E-state index in [0.717, 1.165) is 35.6 Å². The van der Waals surface area contributed by atoms with Gasteiger partial charge in [-0.25, -0.2) is 0 Å². The quantitative estimate of drug-likeness (QED) is 0.217. The standard InChI is InChI=1S/C35H38N2/c1-6-14-28(4)34(15-7-2)36(30-16-10-8-11-17-30)32-21-23-33(24-22-32)37(31-18-12-9-13-19-31)35-25-20-27(3)26-29(35)5/h8-26H,6-7H2,1-5H3/b28-14-,34-15+. The Labute approximate surface area is 223 Å². The highest BCUT2D eigenvalue weighted by molar-refractivity contribution is 5.80. The lowest BCUT2D eigenvalue weighted by Gasteiger charge is -2.31. The molecule has 0 amide bonds. The summed E-state index contributed by atoms with van der Waals surface area (Å²) in [6, 6.07) is 36.9. The third kappa shape index (κ3) is 6.03. The number of anilines is 5. The number of rotatable bonds is 9. The van der Waals surface area contributed by atoms with Crippen molar-refractivity contribution in [2.45, 2.75) is 47.5 Å². The Balaban J connectivity index is 1.83. The second kappa shape index (κ2) is 12.3. The fraction of sp³-hybridized carbons (Fsp3) is 0.200. The molecule has 0 aromatic heterocycles. The first-order valence-electron chi connectivity index (χ1n) is 13.3. The molecule has 0 atom stereocenters. The summed E-state index contributed by atoms with van der Waals surface area (Å²) in [5, 5.41) is 0. The van der Waals surface area contributed by atoms with Crippen LogP contribution in [0.2, 0.25) is 0 Å². The molecular formula is C35H38N2. The summed E-state index contributed by atoms with van der Waals surface area (Å²) in [5.41, 5.74) is 10.8. The topological polar surface area (TPSA) is 6.48 Å². The molecule has 0 unspecified atom stereocenters. The lowest BCUT2D eigenvalue weighted by molar-refractivity contribution is 1.08. The first kappa shape index (κ1) is 26.0. The van der Waals surface area contributed by atoms with Crippen molar-refractivity contribution in [3.63, 3.8) is 0 Å². The van der Waals surface area contributed by atoms with Crippen molar-refractivity contribution in [3.05, 3.63) is 138 Å². The molecular weight excluding hydrogens is 448 g/mol. The Morgan fingerprint density at radius 3 is 1.70 bits per heavy atom. The van der Waals surface area contributed by atoms with E-state index in [9.17, 15) is 0 Å². The summed E-state index contributed by atoms with van der Waals surface area (Å²) in [5.74, 6) is 0. The van der Waals surface area contributed by atoms with Crippen LogP contribution in [0.5, 0.6) is 0 Å². The molecule has 0 fully saturated rings. The smallest absolute Gasteiger partial charge is 0.0490 e. The molecule has 4 rings (SSSR count). The minimum absolute atomic E-state index is 0.972. The maximum atomic E-state index is 2.37. The predicted octanol–water partition coefficient (Wildman–Crippen LogP) is 10.6. The van der Waals surface area contributed by atoms with Gasteiger partial charge in [0.15, 0.2) is 0 Å². The Hall–Kier alpha value is -4.04. The van der Waals surface area contributed by atoms with Gasteiger partial charge in [-0.1, -0.05) is 80.1 Å². The van der Waals surface area contributed by atoms with Crippen LogP contribution in [0.15, 0.2) is 127 Å². The molecule has 0 saturated carbocycles. The van der Waals surface area contributed by atoms with Crippen molar-refractivity contribution in [1.82, 2.24) is 0 Å². The molecule has 0 aliphatic rings. The summed E-state index contributed by atoms with van der Waals surface area (Å²) < 4.78 is 0. The maximum Gasteiger partial charge on any atom is 0.0490 e. The average molecular weight is 487 g/mol. The van der Waals surface area contributed by atoms with Crippen molar-refractivity contribution < 1.29 is 0 Å². The molecule has 0 radical (unpaired) electrons. The Bertz CT molecular complexity index is 1350. The van der Waals surface area contributed by atoms with E-state index in [-0.39, 0.29) is 0 Å². The largest absolute Gasteiger partial charge is 0.311 e. The predicted molar refractivity (Wildman–Crippen MR) is 162 cm³/mol. The van der Waals surface area contributed by atoms with Gasteiger partial charge in [-0.2, -0.15) is 0 Å². The Morgan fingerprint density at radius 1 is 0.622 bits per heavy atom. The van der Waals surface area contributed by atoms with Gasteiger partial charge < -0.3 is 9.80 Å². The summed E-state index contributed by atoms with van der Waals surface area (Å²) in [7, 11) is 0. The normalized spacial score (nSPS) is 11.9. The van der Waals surface area contributed by atoms with E-state index in [4.69, 9.17) is 0 Å². The zero-order chi connectivity index (χ0) is 26.2. The minimum atomic E-state index is 0.972. The molecule has 188 valence electrons. The highest BCUT2D eigenvalue weighted by atomic mass is 15.2. The molecule has 2 heteroatoms. The van der Waals surface area contributed by atoms with E-state index in [0.29, 0.717) is 0 Å². The van der Waals surface area contributed by atoms with Gasteiger partial charge in [0.2, 0.25) is 0 Å². The van der Waals surface area contributed by atoms with Crippen LogP contribution in [0.4, 0.5) is 28.4 Å². The zero-order valence-corrected chi connectivity index (χ0v) is 22.8. The van der Waals surface area contributed by atoms with E-state index in [1.54, 1.807) is 0 Å². The first-order valence-corrected chi connectivity index (χ1v) is 13.3. The highest BCUT2D eigenvalue weighted by Crippen LogP contribution is 2.39. The summed E-state index contributed by atoms with van der Waals surface area (Å²) in [6.07, 6.45) is 6.62. The number of aryl methyl sites for hydroxylation is 2. The van der Waals surface area contributed by atoms with Crippen LogP contribution in [-0.2, 0) is 0 Å². The van der Waals surface area contributed by atoms with Gasteiger partial charge in [0, 0.05) is 34.1 Å². The number of para-hydroxylation sites is 2. The molecule has 0 aliphatic heterocycles. The number of allylic oxidation sites excluding steroid dienone is 3. The van der Waals surface area contributed by atoms with Crippen LogP contribution in [0, 0.1) is 13.8 Å². The van der Waals surface area contributed by atoms with Gasteiger partial charge in [-0.15, -0.1) is 0 Å². The highest BCUT2D eigenvalue weighted by Gasteiger charge is 2.18. The lowest BCUT2D eigenvalue weighted by atomic mass is 10.1. The number of nitrogens with zero attached hydrogens (tertiary/aromatic N) is 2. The Morgan fingerprint density at radius 2 is 1.14 bits per heavy atom. The molecule has 4 aromatic carbocycles. The summed E-state index contributed by atoms with van der Waals surface area (Å²) in [4.78, 5) is 4.72. The molecule has 0 bridgehead atoms. The van der Waals surface area contributed by atoms with Crippen LogP contribution in [0.3, 0.4) is 0 Å². The molecule has 0 N–H and O–H groups in total. The molecule has 0 aliphatic carbocycles. The minimum Gasteiger partial charge on any atom is -0.311 e. The van der Waals surface area contributed by atoms with E-state index < -0.39 is 0 Å². The van der Waals surface area contributed by atoms with Crippen LogP contribution in [-0.4, -0.2) is 0 Å². The fourth-order valence-corrected chi connectivity index (χ4v) is 4.85. The van der Waals surface area contributed by atoms with E-state index >= 15 is 0 Å². The molecule has 0 heterocycles. The van der Waals surface area contributed by atoms with Gasteiger partial charge in [0.1, 0.15) is 0 Å². The van der Waals surface area contributed by atoms with Crippen LogP contribution < -0.4 is 9.80 Å². The maximum absolute atomic E-state index is 2.37. The fourth-order valence-electron chi connectivity index (χ4n) is 4.85. The lowest BCUT2D eigenvalue weighted by Crippen LogP contribution is -2.18.